The van der Waals surface area contributed by atoms with Crippen LogP contribution in [0.15, 0.2) is 0 Å². The number of hydrogen-bond donors (Lipinski definition) is 2. The number of amides is 1. The number of aromatic nitrogens is 3. The van der Waals surface area contributed by atoms with Crippen LogP contribution in [0.1, 0.15) is 56.0 Å². The first-order valence-corrected chi connectivity index (χ1v) is 7.29. The van der Waals surface area contributed by atoms with Crippen molar-refractivity contribution < 1.29 is 4.79 Å². The van der Waals surface area contributed by atoms with Crippen molar-refractivity contribution in [2.45, 2.75) is 39.5 Å². The van der Waals surface area contributed by atoms with Gasteiger partial charge in [0.1, 0.15) is 5.82 Å². The van der Waals surface area contributed by atoms with Crippen LogP contribution in [-0.4, -0.2) is 52.7 Å². The number of piperidine rings is 1. The van der Waals surface area contributed by atoms with Crippen molar-refractivity contribution in [2.75, 3.05) is 26.7 Å². The lowest BCUT2D eigenvalue weighted by Crippen LogP contribution is -2.43. The largest absolute Gasteiger partial charge is 0.349 e. The van der Waals surface area contributed by atoms with Crippen molar-refractivity contribution in [2.24, 2.45) is 5.41 Å². The van der Waals surface area contributed by atoms with Crippen LogP contribution in [0.3, 0.4) is 0 Å². The van der Waals surface area contributed by atoms with Crippen molar-refractivity contribution >= 4 is 5.91 Å². The fourth-order valence-corrected chi connectivity index (χ4v) is 2.34. The Bertz CT molecular complexity index is 460. The number of rotatable bonds is 4. The number of nitrogens with zero attached hydrogens (tertiary/aromatic N) is 3. The molecule has 2 heterocycles. The second-order valence-electron chi connectivity index (χ2n) is 6.50. The molecule has 1 aliphatic heterocycles. The Kier molecular flexibility index (Phi) is 4.42. The summed E-state index contributed by atoms with van der Waals surface area (Å²) < 4.78 is 0. The fourth-order valence-electron chi connectivity index (χ4n) is 2.34. The zero-order valence-corrected chi connectivity index (χ0v) is 12.9. The van der Waals surface area contributed by atoms with E-state index >= 15 is 0 Å². The molecule has 1 aliphatic rings. The molecule has 1 aromatic rings. The third kappa shape index (κ3) is 3.56. The molecule has 2 N–H and O–H groups in total. The van der Waals surface area contributed by atoms with Gasteiger partial charge in [0.15, 0.2) is 0 Å². The highest BCUT2D eigenvalue weighted by molar-refractivity contribution is 5.90. The highest BCUT2D eigenvalue weighted by Gasteiger charge is 2.29. The number of hydrogen-bond acceptors (Lipinski definition) is 4. The summed E-state index contributed by atoms with van der Waals surface area (Å²) in [6, 6.07) is 0. The van der Waals surface area contributed by atoms with E-state index in [1.165, 1.54) is 0 Å². The van der Waals surface area contributed by atoms with Crippen LogP contribution in [-0.2, 0) is 0 Å². The van der Waals surface area contributed by atoms with Crippen LogP contribution < -0.4 is 5.32 Å². The van der Waals surface area contributed by atoms with Crippen LogP contribution >= 0.6 is 0 Å². The lowest BCUT2D eigenvalue weighted by molar-refractivity contribution is 0.0882. The van der Waals surface area contributed by atoms with Crippen LogP contribution in [0.4, 0.5) is 0 Å². The second kappa shape index (κ2) is 5.91. The molecule has 112 valence electrons. The van der Waals surface area contributed by atoms with Gasteiger partial charge in [-0.1, -0.05) is 20.8 Å². The zero-order valence-electron chi connectivity index (χ0n) is 12.9. The topological polar surface area (TPSA) is 73.9 Å². The minimum absolute atomic E-state index is 0.180. The third-order valence-electron chi connectivity index (χ3n) is 4.12. The highest BCUT2D eigenvalue weighted by Crippen LogP contribution is 2.29. The zero-order chi connectivity index (χ0) is 14.8. The molecule has 6 heteroatoms. The molecule has 2 rings (SSSR count). The SMILES string of the molecule is CC(C)c1nc(C(=O)NCC2(C)CCN(C)CC2)n[nH]1. The standard InChI is InChI=1S/C14H25N5O/c1-10(2)11-16-12(18-17-11)13(20)15-9-14(3)5-7-19(4)8-6-14/h10H,5-9H2,1-4H3,(H,15,20)(H,16,17,18). The van der Waals surface area contributed by atoms with E-state index in [1.54, 1.807) is 0 Å². The summed E-state index contributed by atoms with van der Waals surface area (Å²) in [7, 11) is 2.14. The van der Waals surface area contributed by atoms with Crippen molar-refractivity contribution in [3.05, 3.63) is 11.6 Å². The van der Waals surface area contributed by atoms with Crippen molar-refractivity contribution in [3.63, 3.8) is 0 Å². The monoisotopic (exact) mass is 279 g/mol. The number of aromatic amines is 1. The molecule has 0 bridgehead atoms. The Morgan fingerprint density at radius 2 is 2.10 bits per heavy atom. The molecule has 0 radical (unpaired) electrons. The molecule has 1 aromatic heterocycles. The van der Waals surface area contributed by atoms with E-state index < -0.39 is 0 Å². The number of nitrogens with one attached hydrogen (secondary N) is 2. The van der Waals surface area contributed by atoms with E-state index in [1.807, 2.05) is 13.8 Å². The van der Waals surface area contributed by atoms with Gasteiger partial charge in [-0.2, -0.15) is 0 Å². The van der Waals surface area contributed by atoms with E-state index in [0.717, 1.165) is 31.8 Å². The van der Waals surface area contributed by atoms with Gasteiger partial charge in [0.05, 0.1) is 0 Å². The van der Waals surface area contributed by atoms with Gasteiger partial charge in [0.2, 0.25) is 5.82 Å². The molecule has 1 saturated heterocycles. The van der Waals surface area contributed by atoms with E-state index in [-0.39, 0.29) is 23.1 Å². The third-order valence-corrected chi connectivity index (χ3v) is 4.12. The average Bonchev–Trinajstić information content (AvgIpc) is 2.90. The predicted octanol–water partition coefficient (Wildman–Crippen LogP) is 1.39. The van der Waals surface area contributed by atoms with E-state index in [4.69, 9.17) is 0 Å². The molecule has 1 amide bonds. The number of carbonyl (C=O) groups excluding carboxylic acids is 1. The molecule has 0 unspecified atom stereocenters. The first-order valence-electron chi connectivity index (χ1n) is 7.29. The van der Waals surface area contributed by atoms with Gasteiger partial charge in [-0.05, 0) is 38.4 Å². The molecule has 0 aliphatic carbocycles. The Hall–Kier alpha value is -1.43. The summed E-state index contributed by atoms with van der Waals surface area (Å²) in [6.45, 7) is 9.13. The molecular formula is C14H25N5O. The molecule has 0 aromatic carbocycles. The first-order chi connectivity index (χ1) is 9.39. The fraction of sp³-hybridized carbons (Fsp3) is 0.786. The van der Waals surface area contributed by atoms with Gasteiger partial charge >= 0.3 is 0 Å². The Balaban J connectivity index is 1.88. The summed E-state index contributed by atoms with van der Waals surface area (Å²) in [6.07, 6.45) is 2.21. The summed E-state index contributed by atoms with van der Waals surface area (Å²) in [5, 5.41) is 9.76. The van der Waals surface area contributed by atoms with Gasteiger partial charge in [-0.15, -0.1) is 5.10 Å². The summed E-state index contributed by atoms with van der Waals surface area (Å²) in [5.74, 6) is 1.05. The second-order valence-corrected chi connectivity index (χ2v) is 6.50. The maximum absolute atomic E-state index is 12.1. The normalized spacial score (nSPS) is 19.2. The van der Waals surface area contributed by atoms with Gasteiger partial charge in [0.25, 0.3) is 5.91 Å². The predicted molar refractivity (Wildman–Crippen MR) is 77.6 cm³/mol. The van der Waals surface area contributed by atoms with Crippen LogP contribution in [0.2, 0.25) is 0 Å². The highest BCUT2D eigenvalue weighted by atomic mass is 16.2. The molecule has 0 saturated carbocycles. The number of likely N-dealkylation sites (tertiary alicyclic amines) is 1. The van der Waals surface area contributed by atoms with Crippen LogP contribution in [0.25, 0.3) is 0 Å². The van der Waals surface area contributed by atoms with E-state index in [2.05, 4.69) is 39.4 Å². The van der Waals surface area contributed by atoms with E-state index in [0.29, 0.717) is 6.54 Å². The Morgan fingerprint density at radius 3 is 2.65 bits per heavy atom. The quantitative estimate of drug-likeness (QED) is 0.873. The lowest BCUT2D eigenvalue weighted by atomic mass is 9.80. The molecule has 6 nitrogen and oxygen atoms in total. The van der Waals surface area contributed by atoms with Crippen molar-refractivity contribution in [1.82, 2.24) is 25.4 Å². The molecular weight excluding hydrogens is 254 g/mol. The van der Waals surface area contributed by atoms with Gasteiger partial charge in [-0.25, -0.2) is 4.98 Å². The number of carbonyl (C=O) groups is 1. The van der Waals surface area contributed by atoms with Gasteiger partial charge in [-0.3, -0.25) is 9.89 Å². The smallest absolute Gasteiger partial charge is 0.290 e. The Labute approximate surface area is 120 Å². The van der Waals surface area contributed by atoms with Crippen molar-refractivity contribution in [1.29, 1.82) is 0 Å². The Morgan fingerprint density at radius 1 is 1.45 bits per heavy atom. The van der Waals surface area contributed by atoms with Gasteiger partial charge in [0, 0.05) is 12.5 Å². The minimum Gasteiger partial charge on any atom is -0.349 e. The molecule has 0 atom stereocenters. The molecule has 0 spiro atoms. The van der Waals surface area contributed by atoms with Crippen LogP contribution in [0, 0.1) is 5.41 Å². The van der Waals surface area contributed by atoms with Crippen molar-refractivity contribution in [3.8, 4) is 0 Å². The number of H-pyrrole nitrogens is 1. The summed E-state index contributed by atoms with van der Waals surface area (Å²) >= 11 is 0. The average molecular weight is 279 g/mol. The summed E-state index contributed by atoms with van der Waals surface area (Å²) in [4.78, 5) is 18.6. The minimum atomic E-state index is -0.187. The molecule has 1 fully saturated rings. The van der Waals surface area contributed by atoms with Crippen LogP contribution in [0.5, 0.6) is 0 Å². The lowest BCUT2D eigenvalue weighted by Gasteiger charge is -2.37. The maximum Gasteiger partial charge on any atom is 0.290 e. The van der Waals surface area contributed by atoms with E-state index in [9.17, 15) is 4.79 Å². The first kappa shape index (κ1) is 15.0. The molecule has 20 heavy (non-hydrogen) atoms. The van der Waals surface area contributed by atoms with Gasteiger partial charge < -0.3 is 10.2 Å². The summed E-state index contributed by atoms with van der Waals surface area (Å²) in [5.41, 5.74) is 0.180. The maximum atomic E-state index is 12.1.